The quantitative estimate of drug-likeness (QED) is 0.136. The van der Waals surface area contributed by atoms with Gasteiger partial charge in [-0.05, 0) is 59.6 Å². The van der Waals surface area contributed by atoms with Crippen LogP contribution >= 0.6 is 0 Å². The third kappa shape index (κ3) is 8.85. The first-order chi connectivity index (χ1) is 19.5. The van der Waals surface area contributed by atoms with Gasteiger partial charge in [-0.15, -0.1) is 0 Å². The number of carbonyl (C=O) groups is 1. The van der Waals surface area contributed by atoms with Crippen molar-refractivity contribution in [3.63, 3.8) is 0 Å². The van der Waals surface area contributed by atoms with Gasteiger partial charge in [0.2, 0.25) is 0 Å². The van der Waals surface area contributed by atoms with E-state index < -0.39 is 6.10 Å². The van der Waals surface area contributed by atoms with Crippen molar-refractivity contribution in [1.82, 2.24) is 0 Å². The normalized spacial score (nSPS) is 20.7. The number of esters is 1. The van der Waals surface area contributed by atoms with E-state index in [1.165, 1.54) is 24.8 Å². The summed E-state index contributed by atoms with van der Waals surface area (Å²) >= 11 is 0. The van der Waals surface area contributed by atoms with Gasteiger partial charge in [-0.2, -0.15) is 0 Å². The number of hydrogen-bond donors (Lipinski definition) is 1. The molecule has 0 heterocycles. The van der Waals surface area contributed by atoms with Gasteiger partial charge in [0.05, 0.1) is 39.1 Å². The summed E-state index contributed by atoms with van der Waals surface area (Å²) in [6, 6.07) is 24.9. The molecule has 0 aliphatic heterocycles. The van der Waals surface area contributed by atoms with Gasteiger partial charge in [0.15, 0.2) is 0 Å². The molecule has 3 aromatic carbocycles. The second-order valence-electron chi connectivity index (χ2n) is 10.4. The van der Waals surface area contributed by atoms with E-state index in [-0.39, 0.29) is 29.7 Å². The zero-order valence-corrected chi connectivity index (χ0v) is 23.1. The molecule has 1 saturated carbocycles. The van der Waals surface area contributed by atoms with E-state index in [4.69, 9.17) is 14.2 Å². The Kier molecular flexibility index (Phi) is 11.5. The van der Waals surface area contributed by atoms with E-state index >= 15 is 0 Å². The van der Waals surface area contributed by atoms with Crippen molar-refractivity contribution >= 4 is 5.97 Å². The van der Waals surface area contributed by atoms with E-state index in [1.54, 1.807) is 12.1 Å². The van der Waals surface area contributed by atoms with Gasteiger partial charge in [-0.25, -0.2) is 4.39 Å². The number of allylic oxidation sites excluding steroid dienone is 2. The minimum absolute atomic E-state index is 0.0781. The lowest BCUT2D eigenvalue weighted by molar-refractivity contribution is -0.140. The summed E-state index contributed by atoms with van der Waals surface area (Å²) in [5.74, 6) is -0.465. The Morgan fingerprint density at radius 3 is 2.30 bits per heavy atom. The molecule has 0 radical (unpaired) electrons. The van der Waals surface area contributed by atoms with Gasteiger partial charge in [-0.1, -0.05) is 78.9 Å². The van der Waals surface area contributed by atoms with Gasteiger partial charge in [-0.3, -0.25) is 4.79 Å². The largest absolute Gasteiger partial charge is 0.469 e. The lowest BCUT2D eigenvalue weighted by Gasteiger charge is -2.25. The van der Waals surface area contributed by atoms with Crippen LogP contribution in [0.2, 0.25) is 0 Å². The van der Waals surface area contributed by atoms with Crippen LogP contribution in [0.15, 0.2) is 91.0 Å². The number of benzene rings is 3. The first kappa shape index (κ1) is 29.7. The number of ether oxygens (including phenoxy) is 3. The Bertz CT molecular complexity index is 1190. The summed E-state index contributed by atoms with van der Waals surface area (Å²) in [6.45, 7) is 1.22. The number of halogens is 1. The van der Waals surface area contributed by atoms with E-state index in [9.17, 15) is 14.3 Å². The Morgan fingerprint density at radius 2 is 1.57 bits per heavy atom. The second kappa shape index (κ2) is 15.5. The highest BCUT2D eigenvalue weighted by Crippen LogP contribution is 2.38. The molecule has 1 fully saturated rings. The summed E-state index contributed by atoms with van der Waals surface area (Å²) < 4.78 is 30.3. The molecule has 4 atom stereocenters. The molecule has 1 aliphatic carbocycles. The van der Waals surface area contributed by atoms with Gasteiger partial charge in [0, 0.05) is 18.8 Å². The van der Waals surface area contributed by atoms with Crippen molar-refractivity contribution in [3.05, 3.63) is 108 Å². The predicted molar refractivity (Wildman–Crippen MR) is 154 cm³/mol. The average Bonchev–Trinajstić information content (AvgIpc) is 3.28. The number of rotatable bonds is 14. The molecule has 5 nitrogen and oxygen atoms in total. The summed E-state index contributed by atoms with van der Waals surface area (Å²) in [7, 11) is 1.40. The molecule has 0 amide bonds. The van der Waals surface area contributed by atoms with Crippen LogP contribution < -0.4 is 0 Å². The Morgan fingerprint density at radius 1 is 0.900 bits per heavy atom. The van der Waals surface area contributed by atoms with E-state index in [0.29, 0.717) is 32.7 Å². The van der Waals surface area contributed by atoms with Crippen molar-refractivity contribution < 1.29 is 28.5 Å². The minimum atomic E-state index is -0.531. The lowest BCUT2D eigenvalue weighted by Crippen LogP contribution is -2.27. The SMILES string of the molecule is COC(=O)CCC/C=C\C[C@@H]1[C@@H](COCc2ccc(F)cc2)[C@H](O)C[C@@H]1OCc1ccc(-c2ccccc2)cc1. The van der Waals surface area contributed by atoms with Crippen molar-refractivity contribution in [3.8, 4) is 11.1 Å². The first-order valence-electron chi connectivity index (χ1n) is 14.0. The number of hydrogen-bond acceptors (Lipinski definition) is 5. The van der Waals surface area contributed by atoms with Crippen LogP contribution in [0.1, 0.15) is 43.2 Å². The average molecular weight is 547 g/mol. The molecule has 1 N–H and O–H groups in total. The fraction of sp³-hybridized carbons (Fsp3) is 0.382. The maximum absolute atomic E-state index is 13.2. The molecule has 0 bridgehead atoms. The minimum Gasteiger partial charge on any atom is -0.469 e. The topological polar surface area (TPSA) is 65.0 Å². The maximum Gasteiger partial charge on any atom is 0.305 e. The summed E-state index contributed by atoms with van der Waals surface area (Å²) in [5.41, 5.74) is 4.31. The number of aliphatic hydroxyl groups excluding tert-OH is 1. The number of carbonyl (C=O) groups excluding carboxylic acids is 1. The molecule has 0 saturated heterocycles. The lowest BCUT2D eigenvalue weighted by atomic mass is 9.91. The highest BCUT2D eigenvalue weighted by atomic mass is 19.1. The van der Waals surface area contributed by atoms with Crippen LogP contribution in [0.3, 0.4) is 0 Å². The molecule has 0 aromatic heterocycles. The molecular formula is C34H39FO5. The van der Waals surface area contributed by atoms with Gasteiger partial charge < -0.3 is 19.3 Å². The summed E-state index contributed by atoms with van der Waals surface area (Å²) in [6.07, 6.45) is 6.79. The number of unbranched alkanes of at least 4 members (excludes halogenated alkanes) is 1. The fourth-order valence-corrected chi connectivity index (χ4v) is 5.26. The van der Waals surface area contributed by atoms with Crippen molar-refractivity contribution in [1.29, 1.82) is 0 Å². The van der Waals surface area contributed by atoms with Crippen LogP contribution in [0.5, 0.6) is 0 Å². The third-order valence-corrected chi connectivity index (χ3v) is 7.57. The zero-order valence-electron chi connectivity index (χ0n) is 23.1. The van der Waals surface area contributed by atoms with Gasteiger partial charge in [0.1, 0.15) is 5.82 Å². The van der Waals surface area contributed by atoms with Crippen LogP contribution in [-0.2, 0) is 32.2 Å². The Labute approximate surface area is 236 Å². The predicted octanol–water partition coefficient (Wildman–Crippen LogP) is 6.88. The second-order valence-corrected chi connectivity index (χ2v) is 10.4. The smallest absolute Gasteiger partial charge is 0.305 e. The Balaban J connectivity index is 1.35. The van der Waals surface area contributed by atoms with Crippen LogP contribution in [0, 0.1) is 17.7 Å². The third-order valence-electron chi connectivity index (χ3n) is 7.57. The van der Waals surface area contributed by atoms with Gasteiger partial charge in [0.25, 0.3) is 0 Å². The molecular weight excluding hydrogens is 507 g/mol. The first-order valence-corrected chi connectivity index (χ1v) is 14.0. The maximum atomic E-state index is 13.2. The summed E-state index contributed by atoms with van der Waals surface area (Å²) in [5, 5.41) is 11.0. The summed E-state index contributed by atoms with van der Waals surface area (Å²) in [4.78, 5) is 11.4. The Hall–Kier alpha value is -3.32. The van der Waals surface area contributed by atoms with Crippen molar-refractivity contribution in [2.45, 2.75) is 57.5 Å². The highest BCUT2D eigenvalue weighted by molar-refractivity contribution is 5.69. The van der Waals surface area contributed by atoms with Crippen LogP contribution in [0.25, 0.3) is 11.1 Å². The highest BCUT2D eigenvalue weighted by Gasteiger charge is 2.42. The molecule has 3 aromatic rings. The van der Waals surface area contributed by atoms with E-state index in [0.717, 1.165) is 36.0 Å². The molecule has 6 heteroatoms. The van der Waals surface area contributed by atoms with Crippen molar-refractivity contribution in [2.75, 3.05) is 13.7 Å². The van der Waals surface area contributed by atoms with E-state index in [1.807, 2.05) is 18.2 Å². The standard InChI is InChI=1S/C34H39FO5/c1-38-34(37)12-8-3-2-7-11-30-31(24-39-22-25-15-19-29(35)20-16-25)32(36)21-33(30)40-23-26-13-17-28(18-14-26)27-9-5-4-6-10-27/h2,4-7,9-10,13-20,30-33,36H,3,8,11-12,21-24H2,1H3/b7-2-/t30-,31-,32-,33+/m1/s1. The van der Waals surface area contributed by atoms with Crippen molar-refractivity contribution in [2.24, 2.45) is 11.8 Å². The number of methoxy groups -OCH3 is 1. The molecule has 4 rings (SSSR count). The molecule has 1 aliphatic rings. The van der Waals surface area contributed by atoms with Crippen LogP contribution in [-0.4, -0.2) is 37.0 Å². The molecule has 40 heavy (non-hydrogen) atoms. The fourth-order valence-electron chi connectivity index (χ4n) is 5.26. The number of aliphatic hydroxyl groups is 1. The molecule has 0 unspecified atom stereocenters. The molecule has 212 valence electrons. The monoisotopic (exact) mass is 546 g/mol. The van der Waals surface area contributed by atoms with Crippen LogP contribution in [0.4, 0.5) is 4.39 Å². The zero-order chi connectivity index (χ0) is 28.2. The molecule has 0 spiro atoms. The van der Waals surface area contributed by atoms with E-state index in [2.05, 4.69) is 48.6 Å². The van der Waals surface area contributed by atoms with Gasteiger partial charge >= 0.3 is 5.97 Å².